The van der Waals surface area contributed by atoms with Crippen LogP contribution in [0.15, 0.2) is 18.5 Å². The van der Waals surface area contributed by atoms with E-state index in [1.54, 1.807) is 23.1 Å². The Balaban J connectivity index is 2.25. The minimum atomic E-state index is -0.159. The van der Waals surface area contributed by atoms with Crippen LogP contribution in [-0.4, -0.2) is 30.3 Å². The van der Waals surface area contributed by atoms with Gasteiger partial charge in [0.2, 0.25) is 11.9 Å². The van der Waals surface area contributed by atoms with E-state index in [0.29, 0.717) is 11.9 Å². The third-order valence-electron chi connectivity index (χ3n) is 2.77. The normalized spacial score (nSPS) is 12.4. The van der Waals surface area contributed by atoms with Crippen molar-refractivity contribution in [3.05, 3.63) is 18.5 Å². The highest BCUT2D eigenvalue weighted by Crippen LogP contribution is 2.28. The third kappa shape index (κ3) is 4.40. The molecule has 0 spiro atoms. The minimum absolute atomic E-state index is 0.159. The summed E-state index contributed by atoms with van der Waals surface area (Å²) in [7, 11) is 0. The third-order valence-corrected chi connectivity index (χ3v) is 2.77. The van der Waals surface area contributed by atoms with Crippen LogP contribution in [0.3, 0.4) is 0 Å². The monoisotopic (exact) mass is 289 g/mol. The van der Waals surface area contributed by atoms with Gasteiger partial charge in [-0.2, -0.15) is 20.1 Å². The Bertz CT molecular complexity index is 596. The molecule has 0 amide bonds. The summed E-state index contributed by atoms with van der Waals surface area (Å²) >= 11 is 0. The predicted octanol–water partition coefficient (Wildman–Crippen LogP) is 2.27. The molecule has 0 fully saturated rings. The van der Waals surface area contributed by atoms with Crippen molar-refractivity contribution in [2.45, 2.75) is 46.6 Å². The standard InChI is InChI=1S/C14H23N7/c1-13(2,3)9-14(4,5)20-11-17-10(15)18-12(19-11)21-8-6-7-16-21/h6-8H,9H2,1-5H3,(H3,15,17,18,19,20). The predicted molar refractivity (Wildman–Crippen MR) is 83.1 cm³/mol. The van der Waals surface area contributed by atoms with Crippen molar-refractivity contribution in [1.29, 1.82) is 0 Å². The molecule has 0 bridgehead atoms. The first-order chi connectivity index (χ1) is 9.65. The molecule has 0 aromatic carbocycles. The Morgan fingerprint density at radius 3 is 2.43 bits per heavy atom. The lowest BCUT2D eigenvalue weighted by atomic mass is 9.82. The van der Waals surface area contributed by atoms with Crippen molar-refractivity contribution >= 4 is 11.9 Å². The second-order valence-corrected chi connectivity index (χ2v) is 7.01. The number of nitrogens with zero attached hydrogens (tertiary/aromatic N) is 5. The maximum atomic E-state index is 5.77. The lowest BCUT2D eigenvalue weighted by molar-refractivity contribution is 0.301. The van der Waals surface area contributed by atoms with Gasteiger partial charge in [0.1, 0.15) is 0 Å². The molecule has 0 radical (unpaired) electrons. The van der Waals surface area contributed by atoms with E-state index in [1.807, 2.05) is 0 Å². The van der Waals surface area contributed by atoms with Gasteiger partial charge in [0.15, 0.2) is 0 Å². The SMILES string of the molecule is CC(C)(C)CC(C)(C)Nc1nc(N)nc(-n2cccn2)n1. The van der Waals surface area contributed by atoms with E-state index in [0.717, 1.165) is 6.42 Å². The van der Waals surface area contributed by atoms with E-state index >= 15 is 0 Å². The number of rotatable bonds is 4. The second kappa shape index (κ2) is 5.31. The fourth-order valence-electron chi connectivity index (χ4n) is 2.60. The van der Waals surface area contributed by atoms with Crippen molar-refractivity contribution < 1.29 is 0 Å². The fraction of sp³-hybridized carbons (Fsp3) is 0.571. The van der Waals surface area contributed by atoms with E-state index in [9.17, 15) is 0 Å². The van der Waals surface area contributed by atoms with Gasteiger partial charge in [0.25, 0.3) is 5.95 Å². The largest absolute Gasteiger partial charge is 0.368 e. The number of aromatic nitrogens is 5. The number of nitrogens with one attached hydrogen (secondary N) is 1. The maximum absolute atomic E-state index is 5.77. The van der Waals surface area contributed by atoms with Crippen LogP contribution in [-0.2, 0) is 0 Å². The first kappa shape index (κ1) is 15.2. The van der Waals surface area contributed by atoms with Gasteiger partial charge in [-0.25, -0.2) is 4.68 Å². The lowest BCUT2D eigenvalue weighted by Crippen LogP contribution is -2.36. The molecule has 0 aliphatic heterocycles. The van der Waals surface area contributed by atoms with Gasteiger partial charge in [-0.3, -0.25) is 0 Å². The van der Waals surface area contributed by atoms with Crippen LogP contribution in [0, 0.1) is 5.41 Å². The summed E-state index contributed by atoms with van der Waals surface area (Å²) in [6.07, 6.45) is 4.39. The molecule has 7 heteroatoms. The van der Waals surface area contributed by atoms with Gasteiger partial charge in [0.05, 0.1) is 0 Å². The fourth-order valence-corrected chi connectivity index (χ4v) is 2.60. The van der Waals surface area contributed by atoms with E-state index in [4.69, 9.17) is 5.73 Å². The van der Waals surface area contributed by atoms with Crippen LogP contribution in [0.5, 0.6) is 0 Å². The van der Waals surface area contributed by atoms with E-state index in [1.165, 1.54) is 0 Å². The summed E-state index contributed by atoms with van der Waals surface area (Å²) in [5, 5.41) is 7.44. The van der Waals surface area contributed by atoms with E-state index < -0.39 is 0 Å². The van der Waals surface area contributed by atoms with Gasteiger partial charge in [-0.1, -0.05) is 20.8 Å². The molecule has 2 rings (SSSR count). The Kier molecular flexibility index (Phi) is 3.85. The maximum Gasteiger partial charge on any atom is 0.257 e. The Morgan fingerprint density at radius 2 is 1.86 bits per heavy atom. The Labute approximate surface area is 125 Å². The van der Waals surface area contributed by atoms with Gasteiger partial charge in [0, 0.05) is 17.9 Å². The lowest BCUT2D eigenvalue weighted by Gasteiger charge is -2.33. The summed E-state index contributed by atoms with van der Waals surface area (Å²) in [6.45, 7) is 10.8. The zero-order valence-corrected chi connectivity index (χ0v) is 13.3. The summed E-state index contributed by atoms with van der Waals surface area (Å²) in [5.41, 5.74) is 5.80. The molecule has 114 valence electrons. The van der Waals surface area contributed by atoms with E-state index in [2.05, 4.69) is 60.0 Å². The molecule has 0 aliphatic carbocycles. The molecule has 21 heavy (non-hydrogen) atoms. The van der Waals surface area contributed by atoms with Crippen LogP contribution in [0.25, 0.3) is 5.95 Å². The zero-order chi connectivity index (χ0) is 15.7. The van der Waals surface area contributed by atoms with Gasteiger partial charge >= 0.3 is 0 Å². The van der Waals surface area contributed by atoms with Crippen LogP contribution in [0.1, 0.15) is 41.0 Å². The zero-order valence-electron chi connectivity index (χ0n) is 13.3. The first-order valence-corrected chi connectivity index (χ1v) is 6.94. The molecule has 0 saturated heterocycles. The molecular formula is C14H23N7. The number of hydrogen-bond donors (Lipinski definition) is 2. The summed E-state index contributed by atoms with van der Waals surface area (Å²) in [6, 6.07) is 1.80. The van der Waals surface area contributed by atoms with Crippen LogP contribution < -0.4 is 11.1 Å². The van der Waals surface area contributed by atoms with Crippen molar-refractivity contribution in [2.75, 3.05) is 11.1 Å². The molecule has 0 unspecified atom stereocenters. The Hall–Kier alpha value is -2.18. The van der Waals surface area contributed by atoms with Gasteiger partial charge < -0.3 is 11.1 Å². The van der Waals surface area contributed by atoms with Crippen LogP contribution in [0.2, 0.25) is 0 Å². The molecule has 2 aromatic heterocycles. The van der Waals surface area contributed by atoms with Crippen molar-refractivity contribution in [2.24, 2.45) is 5.41 Å². The van der Waals surface area contributed by atoms with Crippen molar-refractivity contribution in [3.63, 3.8) is 0 Å². The molecule has 0 saturated carbocycles. The second-order valence-electron chi connectivity index (χ2n) is 7.01. The first-order valence-electron chi connectivity index (χ1n) is 6.94. The number of anilines is 2. The van der Waals surface area contributed by atoms with Crippen molar-refractivity contribution in [3.8, 4) is 5.95 Å². The molecule has 3 N–H and O–H groups in total. The average Bonchev–Trinajstić information content (AvgIpc) is 2.76. The molecule has 2 aromatic rings. The minimum Gasteiger partial charge on any atom is -0.368 e. The van der Waals surface area contributed by atoms with Gasteiger partial charge in [-0.15, -0.1) is 0 Å². The quantitative estimate of drug-likeness (QED) is 0.896. The van der Waals surface area contributed by atoms with Crippen molar-refractivity contribution in [1.82, 2.24) is 24.7 Å². The number of nitrogen functional groups attached to an aromatic ring is 1. The van der Waals surface area contributed by atoms with Crippen LogP contribution in [0.4, 0.5) is 11.9 Å². The van der Waals surface area contributed by atoms with E-state index in [-0.39, 0.29) is 16.9 Å². The topological polar surface area (TPSA) is 94.5 Å². The molecular weight excluding hydrogens is 266 g/mol. The number of hydrogen-bond acceptors (Lipinski definition) is 6. The highest BCUT2D eigenvalue weighted by molar-refractivity contribution is 5.36. The summed E-state index contributed by atoms with van der Waals surface area (Å²) in [5.74, 6) is 1.04. The smallest absolute Gasteiger partial charge is 0.257 e. The Morgan fingerprint density at radius 1 is 1.14 bits per heavy atom. The highest BCUT2D eigenvalue weighted by atomic mass is 15.4. The summed E-state index contributed by atoms with van der Waals surface area (Å²) in [4.78, 5) is 12.6. The molecule has 0 aliphatic rings. The summed E-state index contributed by atoms with van der Waals surface area (Å²) < 4.78 is 1.56. The van der Waals surface area contributed by atoms with Crippen LogP contribution >= 0.6 is 0 Å². The highest BCUT2D eigenvalue weighted by Gasteiger charge is 2.26. The molecule has 7 nitrogen and oxygen atoms in total. The number of nitrogens with two attached hydrogens (primary N) is 1. The van der Waals surface area contributed by atoms with Gasteiger partial charge in [-0.05, 0) is 31.7 Å². The molecule has 2 heterocycles. The average molecular weight is 289 g/mol. The molecule has 0 atom stereocenters.